The van der Waals surface area contributed by atoms with Gasteiger partial charge in [0.2, 0.25) is 5.91 Å². The number of hydrogen-bond acceptors (Lipinski definition) is 3. The fraction of sp³-hybridized carbons (Fsp3) is 0.227. The van der Waals surface area contributed by atoms with Crippen LogP contribution in [0.3, 0.4) is 0 Å². The quantitative estimate of drug-likeness (QED) is 0.430. The Hall–Kier alpha value is -2.93. The Balaban J connectivity index is 1.87. The number of fused-ring (bicyclic) bond motifs is 1. The second-order valence-corrected chi connectivity index (χ2v) is 7.47. The van der Waals surface area contributed by atoms with Crippen molar-refractivity contribution in [3.63, 3.8) is 0 Å². The number of rotatable bonds is 7. The van der Waals surface area contributed by atoms with Crippen LogP contribution in [-0.4, -0.2) is 40.2 Å². The molecule has 0 aliphatic heterocycles. The zero-order valence-corrected chi connectivity index (χ0v) is 17.9. The summed E-state index contributed by atoms with van der Waals surface area (Å²) < 4.78 is 2.62. The largest absolute Gasteiger partial charge is 0.337 e. The summed E-state index contributed by atoms with van der Waals surface area (Å²) in [6.45, 7) is 4.64. The molecule has 7 heteroatoms. The van der Waals surface area contributed by atoms with Crippen molar-refractivity contribution < 1.29 is 14.4 Å². The number of halogens is 1. The molecule has 3 rings (SSSR count). The van der Waals surface area contributed by atoms with Crippen molar-refractivity contribution >= 4 is 50.1 Å². The van der Waals surface area contributed by atoms with Gasteiger partial charge in [-0.05, 0) is 44.2 Å². The first-order valence-corrected chi connectivity index (χ1v) is 10.2. The van der Waals surface area contributed by atoms with Crippen LogP contribution in [0.1, 0.15) is 24.2 Å². The molecule has 0 atom stereocenters. The monoisotopic (exact) mass is 455 g/mol. The summed E-state index contributed by atoms with van der Waals surface area (Å²) in [5.74, 6) is -1.31. The van der Waals surface area contributed by atoms with Gasteiger partial charge in [0.05, 0.1) is 5.56 Å². The maximum absolute atomic E-state index is 12.8. The fourth-order valence-electron chi connectivity index (χ4n) is 3.22. The molecule has 0 aliphatic carbocycles. The van der Waals surface area contributed by atoms with Gasteiger partial charge in [-0.2, -0.15) is 0 Å². The Bertz CT molecular complexity index is 1050. The molecule has 0 aliphatic rings. The number of nitrogens with zero attached hydrogens (tertiary/aromatic N) is 2. The Labute approximate surface area is 177 Å². The van der Waals surface area contributed by atoms with E-state index in [1.165, 1.54) is 4.90 Å². The molecule has 1 heterocycles. The highest BCUT2D eigenvalue weighted by Gasteiger charge is 2.25. The lowest BCUT2D eigenvalue weighted by Crippen LogP contribution is -2.36. The Kier molecular flexibility index (Phi) is 6.49. The molecule has 3 aromatic rings. The first-order valence-electron chi connectivity index (χ1n) is 9.41. The van der Waals surface area contributed by atoms with Gasteiger partial charge in [0.1, 0.15) is 6.54 Å². The molecule has 0 saturated carbocycles. The molecule has 1 N–H and O–H groups in total. The van der Waals surface area contributed by atoms with E-state index in [2.05, 4.69) is 21.2 Å². The highest BCUT2D eigenvalue weighted by molar-refractivity contribution is 9.10. The molecule has 6 nitrogen and oxygen atoms in total. The number of anilines is 1. The molecule has 2 amide bonds. The molecule has 2 aromatic carbocycles. The summed E-state index contributed by atoms with van der Waals surface area (Å²) in [6, 6.07) is 14.6. The number of likely N-dealkylation sites (N-methyl/N-ethyl adjacent to an activating group) is 1. The SMILES string of the molecule is CCN(CC)C(=O)C(=O)c1cn(CC(=O)Nc2ccc(Br)cc2)c2ccccc12. The number of Topliss-reactive ketones (excluding diaryl/α,β-unsaturated/α-hetero) is 1. The summed E-state index contributed by atoms with van der Waals surface area (Å²) in [4.78, 5) is 39.4. The van der Waals surface area contributed by atoms with E-state index < -0.39 is 11.7 Å². The van der Waals surface area contributed by atoms with E-state index in [4.69, 9.17) is 0 Å². The summed E-state index contributed by atoms with van der Waals surface area (Å²) in [5.41, 5.74) is 1.73. The van der Waals surface area contributed by atoms with Crippen molar-refractivity contribution in [2.75, 3.05) is 18.4 Å². The van der Waals surface area contributed by atoms with Crippen LogP contribution in [0.5, 0.6) is 0 Å². The Morgan fingerprint density at radius 3 is 2.31 bits per heavy atom. The van der Waals surface area contributed by atoms with Crippen molar-refractivity contribution in [1.82, 2.24) is 9.47 Å². The summed E-state index contributed by atoms with van der Waals surface area (Å²) in [6.07, 6.45) is 1.59. The van der Waals surface area contributed by atoms with Gasteiger partial charge < -0.3 is 14.8 Å². The maximum Gasteiger partial charge on any atom is 0.295 e. The standard InChI is InChI=1S/C22H22BrN3O3/c1-3-25(4-2)22(29)21(28)18-13-26(19-8-6-5-7-17(18)19)14-20(27)24-16-11-9-15(23)10-12-16/h5-13H,3-4,14H2,1-2H3,(H,24,27). The van der Waals surface area contributed by atoms with Crippen LogP contribution in [0.2, 0.25) is 0 Å². The van der Waals surface area contributed by atoms with Crippen LogP contribution in [0.4, 0.5) is 5.69 Å². The van der Waals surface area contributed by atoms with Gasteiger partial charge in [-0.3, -0.25) is 14.4 Å². The lowest BCUT2D eigenvalue weighted by atomic mass is 10.1. The average Bonchev–Trinajstić information content (AvgIpc) is 3.08. The molecule has 150 valence electrons. The van der Waals surface area contributed by atoms with Crippen LogP contribution < -0.4 is 5.32 Å². The summed E-state index contributed by atoms with van der Waals surface area (Å²) in [5, 5.41) is 3.50. The van der Waals surface area contributed by atoms with E-state index in [1.54, 1.807) is 29.0 Å². The average molecular weight is 456 g/mol. The van der Waals surface area contributed by atoms with E-state index in [1.807, 2.05) is 44.2 Å². The lowest BCUT2D eigenvalue weighted by Gasteiger charge is -2.17. The van der Waals surface area contributed by atoms with Crippen LogP contribution in [0.25, 0.3) is 10.9 Å². The molecule has 0 unspecified atom stereocenters. The first kappa shape index (κ1) is 20.8. The normalized spacial score (nSPS) is 10.7. The van der Waals surface area contributed by atoms with Gasteiger partial charge in [-0.15, -0.1) is 0 Å². The van der Waals surface area contributed by atoms with Crippen molar-refractivity contribution in [3.05, 3.63) is 64.8 Å². The molecule has 0 fully saturated rings. The minimum atomic E-state index is -0.558. The topological polar surface area (TPSA) is 71.4 Å². The predicted molar refractivity (Wildman–Crippen MR) is 117 cm³/mol. The van der Waals surface area contributed by atoms with E-state index in [0.717, 1.165) is 9.99 Å². The highest BCUT2D eigenvalue weighted by Crippen LogP contribution is 2.23. The summed E-state index contributed by atoms with van der Waals surface area (Å²) >= 11 is 3.36. The summed E-state index contributed by atoms with van der Waals surface area (Å²) in [7, 11) is 0. The van der Waals surface area contributed by atoms with Gasteiger partial charge in [0, 0.05) is 40.3 Å². The van der Waals surface area contributed by atoms with E-state index in [-0.39, 0.29) is 12.5 Å². The number of hydrogen-bond donors (Lipinski definition) is 1. The molecule has 0 radical (unpaired) electrons. The smallest absolute Gasteiger partial charge is 0.295 e. The van der Waals surface area contributed by atoms with Crippen molar-refractivity contribution in [2.24, 2.45) is 0 Å². The first-order chi connectivity index (χ1) is 13.9. The predicted octanol–water partition coefficient (Wildman–Crippen LogP) is 4.09. The second kappa shape index (κ2) is 9.05. The van der Waals surface area contributed by atoms with Crippen molar-refractivity contribution in [1.29, 1.82) is 0 Å². The van der Waals surface area contributed by atoms with Crippen molar-refractivity contribution in [3.8, 4) is 0 Å². The molecular formula is C22H22BrN3O3. The van der Waals surface area contributed by atoms with E-state index in [0.29, 0.717) is 29.7 Å². The van der Waals surface area contributed by atoms with Crippen LogP contribution >= 0.6 is 15.9 Å². The number of benzene rings is 2. The molecular weight excluding hydrogens is 434 g/mol. The number of amides is 2. The van der Waals surface area contributed by atoms with Gasteiger partial charge in [-0.25, -0.2) is 0 Å². The Morgan fingerprint density at radius 1 is 1.00 bits per heavy atom. The zero-order chi connectivity index (χ0) is 21.0. The Morgan fingerprint density at radius 2 is 1.66 bits per heavy atom. The number of para-hydroxylation sites is 1. The van der Waals surface area contributed by atoms with Gasteiger partial charge >= 0.3 is 0 Å². The van der Waals surface area contributed by atoms with E-state index >= 15 is 0 Å². The zero-order valence-electron chi connectivity index (χ0n) is 16.3. The van der Waals surface area contributed by atoms with Crippen LogP contribution in [0.15, 0.2) is 59.2 Å². The van der Waals surface area contributed by atoms with Crippen LogP contribution in [-0.2, 0) is 16.1 Å². The lowest BCUT2D eigenvalue weighted by molar-refractivity contribution is -0.126. The van der Waals surface area contributed by atoms with Gasteiger partial charge in [-0.1, -0.05) is 34.1 Å². The third-order valence-electron chi connectivity index (χ3n) is 4.72. The second-order valence-electron chi connectivity index (χ2n) is 6.55. The number of nitrogens with one attached hydrogen (secondary N) is 1. The third kappa shape index (κ3) is 4.56. The number of aromatic nitrogens is 1. The van der Waals surface area contributed by atoms with Gasteiger partial charge in [0.25, 0.3) is 11.7 Å². The molecule has 29 heavy (non-hydrogen) atoms. The maximum atomic E-state index is 12.8. The molecule has 0 saturated heterocycles. The number of carbonyl (C=O) groups is 3. The van der Waals surface area contributed by atoms with Crippen LogP contribution in [0, 0.1) is 0 Å². The minimum Gasteiger partial charge on any atom is -0.337 e. The fourth-order valence-corrected chi connectivity index (χ4v) is 3.48. The van der Waals surface area contributed by atoms with E-state index in [9.17, 15) is 14.4 Å². The van der Waals surface area contributed by atoms with Gasteiger partial charge in [0.15, 0.2) is 0 Å². The molecule has 0 spiro atoms. The number of carbonyl (C=O) groups excluding carboxylic acids is 3. The van der Waals surface area contributed by atoms with Crippen molar-refractivity contribution in [2.45, 2.75) is 20.4 Å². The number of ketones is 1. The molecule has 0 bridgehead atoms. The minimum absolute atomic E-state index is 0.0311. The molecule has 1 aromatic heterocycles. The third-order valence-corrected chi connectivity index (χ3v) is 5.25. The highest BCUT2D eigenvalue weighted by atomic mass is 79.9.